The molecular weight excluding hydrogens is 306 g/mol. The van der Waals surface area contributed by atoms with Crippen molar-refractivity contribution in [3.05, 3.63) is 17.5 Å². The highest BCUT2D eigenvalue weighted by Gasteiger charge is 2.56. The van der Waals surface area contributed by atoms with Gasteiger partial charge in [0, 0.05) is 12.7 Å². The third kappa shape index (κ3) is 2.77. The van der Waals surface area contributed by atoms with E-state index in [4.69, 9.17) is 5.11 Å². The van der Waals surface area contributed by atoms with Gasteiger partial charge < -0.3 is 15.5 Å². The van der Waals surface area contributed by atoms with Crippen molar-refractivity contribution in [2.24, 2.45) is 17.3 Å². The van der Waals surface area contributed by atoms with E-state index in [2.05, 4.69) is 15.3 Å². The van der Waals surface area contributed by atoms with Crippen LogP contribution in [0.25, 0.3) is 0 Å². The molecule has 0 amide bonds. The summed E-state index contributed by atoms with van der Waals surface area (Å²) in [5, 5.41) is 23.1. The van der Waals surface area contributed by atoms with E-state index in [0.717, 1.165) is 32.2 Å². The number of carboxylic acid groups (broad SMARTS) is 1. The molecule has 2 atom stereocenters. The first-order valence-corrected chi connectivity index (χ1v) is 8.90. The fourth-order valence-corrected chi connectivity index (χ4v) is 5.90. The quantitative estimate of drug-likeness (QED) is 0.767. The molecule has 2 unspecified atom stereocenters. The first-order chi connectivity index (χ1) is 11.4. The third-order valence-electron chi connectivity index (χ3n) is 6.30. The molecule has 4 bridgehead atoms. The van der Waals surface area contributed by atoms with Gasteiger partial charge in [-0.05, 0) is 69.1 Å². The second-order valence-electron chi connectivity index (χ2n) is 8.36. The fourth-order valence-electron chi connectivity index (χ4n) is 5.90. The molecule has 4 aliphatic rings. The highest BCUT2D eigenvalue weighted by Crippen LogP contribution is 2.62. The second-order valence-corrected chi connectivity index (χ2v) is 8.36. The average molecular weight is 331 g/mol. The molecular formula is C18H25N3O3. The predicted molar refractivity (Wildman–Crippen MR) is 88.9 cm³/mol. The van der Waals surface area contributed by atoms with Crippen LogP contribution in [0.15, 0.2) is 6.20 Å². The van der Waals surface area contributed by atoms with Gasteiger partial charge in [-0.2, -0.15) is 0 Å². The topological polar surface area (TPSA) is 95.3 Å². The van der Waals surface area contributed by atoms with Crippen LogP contribution < -0.4 is 5.32 Å². The fraction of sp³-hybridized carbons (Fsp3) is 0.722. The van der Waals surface area contributed by atoms with E-state index < -0.39 is 11.6 Å². The van der Waals surface area contributed by atoms with E-state index in [1.165, 1.54) is 25.5 Å². The maximum absolute atomic E-state index is 11.0. The SMILES string of the molecule is Cc1nc(NCCC23CC4CC(CC(O)(C4)C2)C3)ncc1C(=O)O. The molecule has 0 aromatic carbocycles. The van der Waals surface area contributed by atoms with Crippen molar-refractivity contribution in [3.8, 4) is 0 Å². The Morgan fingerprint density at radius 1 is 1.33 bits per heavy atom. The Hall–Kier alpha value is -1.69. The van der Waals surface area contributed by atoms with Crippen molar-refractivity contribution in [1.29, 1.82) is 0 Å². The van der Waals surface area contributed by atoms with E-state index in [1.54, 1.807) is 6.92 Å². The molecule has 24 heavy (non-hydrogen) atoms. The lowest BCUT2D eigenvalue weighted by Gasteiger charge is -2.60. The van der Waals surface area contributed by atoms with Gasteiger partial charge >= 0.3 is 5.97 Å². The van der Waals surface area contributed by atoms with Gasteiger partial charge in [-0.25, -0.2) is 14.8 Å². The molecule has 1 heterocycles. The largest absolute Gasteiger partial charge is 0.478 e. The van der Waals surface area contributed by atoms with Crippen LogP contribution in [-0.4, -0.2) is 38.3 Å². The number of anilines is 1. The van der Waals surface area contributed by atoms with Crippen LogP contribution >= 0.6 is 0 Å². The van der Waals surface area contributed by atoms with Gasteiger partial charge in [-0.1, -0.05) is 0 Å². The van der Waals surface area contributed by atoms with Gasteiger partial charge in [0.25, 0.3) is 0 Å². The number of aromatic nitrogens is 2. The highest BCUT2D eigenvalue weighted by molar-refractivity contribution is 5.88. The summed E-state index contributed by atoms with van der Waals surface area (Å²) in [6.07, 6.45) is 9.10. The van der Waals surface area contributed by atoms with Crippen LogP contribution in [0.2, 0.25) is 0 Å². The molecule has 0 spiro atoms. The summed E-state index contributed by atoms with van der Waals surface area (Å²) in [5.41, 5.74) is 0.468. The minimum atomic E-state index is -0.999. The number of carbonyl (C=O) groups is 1. The van der Waals surface area contributed by atoms with Crippen LogP contribution in [0.3, 0.4) is 0 Å². The zero-order chi connectivity index (χ0) is 16.9. The summed E-state index contributed by atoms with van der Waals surface area (Å²) in [6.45, 7) is 2.45. The lowest BCUT2D eigenvalue weighted by Crippen LogP contribution is -2.55. The van der Waals surface area contributed by atoms with Crippen molar-refractivity contribution in [3.63, 3.8) is 0 Å². The first kappa shape index (κ1) is 15.8. The number of nitrogens with zero attached hydrogens (tertiary/aromatic N) is 2. The van der Waals surface area contributed by atoms with E-state index >= 15 is 0 Å². The number of nitrogens with one attached hydrogen (secondary N) is 1. The normalized spacial score (nSPS) is 36.8. The minimum Gasteiger partial charge on any atom is -0.478 e. The Morgan fingerprint density at radius 2 is 2.04 bits per heavy atom. The standard InChI is InChI=1S/C18H25N3O3/c1-11-14(15(22)23)9-20-16(21-11)19-3-2-17-5-12-4-13(6-17)8-18(24,7-12)10-17/h9,12-13,24H,2-8,10H2,1H3,(H,22,23)(H,19,20,21). The molecule has 4 saturated carbocycles. The van der Waals surface area contributed by atoms with Crippen LogP contribution in [0.4, 0.5) is 5.95 Å². The number of aliphatic hydroxyl groups is 1. The van der Waals surface area contributed by atoms with Crippen molar-refractivity contribution in [1.82, 2.24) is 9.97 Å². The molecule has 1 aromatic heterocycles. The van der Waals surface area contributed by atoms with E-state index in [0.29, 0.717) is 23.5 Å². The van der Waals surface area contributed by atoms with E-state index in [1.807, 2.05) is 0 Å². The van der Waals surface area contributed by atoms with Crippen molar-refractivity contribution >= 4 is 11.9 Å². The maximum atomic E-state index is 11.0. The third-order valence-corrected chi connectivity index (χ3v) is 6.30. The summed E-state index contributed by atoms with van der Waals surface area (Å²) in [4.78, 5) is 19.4. The number of hydrogen-bond donors (Lipinski definition) is 3. The summed E-state index contributed by atoms with van der Waals surface area (Å²) in [6, 6.07) is 0. The Bertz CT molecular complexity index is 661. The van der Waals surface area contributed by atoms with Gasteiger partial charge in [0.05, 0.1) is 16.9 Å². The molecule has 4 fully saturated rings. The molecule has 0 radical (unpaired) electrons. The summed E-state index contributed by atoms with van der Waals surface area (Å²) in [5.74, 6) is 0.885. The number of rotatable bonds is 5. The van der Waals surface area contributed by atoms with Crippen LogP contribution in [0, 0.1) is 24.2 Å². The van der Waals surface area contributed by atoms with Crippen molar-refractivity contribution in [2.75, 3.05) is 11.9 Å². The Kier molecular flexibility index (Phi) is 3.56. The zero-order valence-corrected chi connectivity index (χ0v) is 14.1. The molecule has 0 aliphatic heterocycles. The predicted octanol–water partition coefficient (Wildman–Crippen LogP) is 2.62. The Balaban J connectivity index is 1.39. The van der Waals surface area contributed by atoms with Gasteiger partial charge in [0.1, 0.15) is 0 Å². The smallest absolute Gasteiger partial charge is 0.339 e. The molecule has 130 valence electrons. The Labute approximate surface area is 141 Å². The number of aryl methyl sites for hydroxylation is 1. The van der Waals surface area contributed by atoms with E-state index in [9.17, 15) is 9.90 Å². The maximum Gasteiger partial charge on any atom is 0.339 e. The molecule has 6 heteroatoms. The summed E-state index contributed by atoms with van der Waals surface area (Å²) < 4.78 is 0. The molecule has 4 aliphatic carbocycles. The van der Waals surface area contributed by atoms with Gasteiger partial charge in [-0.3, -0.25) is 0 Å². The zero-order valence-electron chi connectivity index (χ0n) is 14.1. The number of carboxylic acids is 1. The Morgan fingerprint density at radius 3 is 2.62 bits per heavy atom. The van der Waals surface area contributed by atoms with Crippen molar-refractivity contribution < 1.29 is 15.0 Å². The van der Waals surface area contributed by atoms with Gasteiger partial charge in [0.2, 0.25) is 5.95 Å². The number of aromatic carboxylic acids is 1. The van der Waals surface area contributed by atoms with Crippen LogP contribution in [-0.2, 0) is 0 Å². The lowest BCUT2D eigenvalue weighted by atomic mass is 9.47. The molecule has 5 rings (SSSR count). The summed E-state index contributed by atoms with van der Waals surface area (Å²) >= 11 is 0. The van der Waals surface area contributed by atoms with Crippen LogP contribution in [0.5, 0.6) is 0 Å². The molecule has 6 nitrogen and oxygen atoms in total. The molecule has 0 saturated heterocycles. The minimum absolute atomic E-state index is 0.142. The van der Waals surface area contributed by atoms with Crippen LogP contribution in [0.1, 0.15) is 61.0 Å². The van der Waals surface area contributed by atoms with Gasteiger partial charge in [0.15, 0.2) is 0 Å². The summed E-state index contributed by atoms with van der Waals surface area (Å²) in [7, 11) is 0. The average Bonchev–Trinajstić information content (AvgIpc) is 2.44. The first-order valence-electron chi connectivity index (χ1n) is 8.90. The number of hydrogen-bond acceptors (Lipinski definition) is 5. The van der Waals surface area contributed by atoms with E-state index in [-0.39, 0.29) is 11.0 Å². The van der Waals surface area contributed by atoms with Crippen molar-refractivity contribution in [2.45, 2.75) is 57.5 Å². The second kappa shape index (κ2) is 5.41. The molecule has 3 N–H and O–H groups in total. The molecule has 1 aromatic rings. The lowest BCUT2D eigenvalue weighted by molar-refractivity contribution is -0.164. The highest BCUT2D eigenvalue weighted by atomic mass is 16.4. The monoisotopic (exact) mass is 331 g/mol. The van der Waals surface area contributed by atoms with Gasteiger partial charge in [-0.15, -0.1) is 0 Å².